The van der Waals surface area contributed by atoms with Crippen LogP contribution in [0, 0.1) is 0 Å². The van der Waals surface area contributed by atoms with Gasteiger partial charge >= 0.3 is 0 Å². The van der Waals surface area contributed by atoms with Crippen molar-refractivity contribution in [3.63, 3.8) is 0 Å². The van der Waals surface area contributed by atoms with Gasteiger partial charge in [-0.25, -0.2) is 10.4 Å². The molecule has 10 N–H and O–H groups in total. The number of carbonyl (C=O) groups excluding carboxylic acids is 2. The van der Waals surface area contributed by atoms with Crippen molar-refractivity contribution in [2.45, 2.75) is 60.6 Å². The number of aliphatic hydroxyl groups excluding tert-OH is 6. The second-order valence-electron chi connectivity index (χ2n) is 11.7. The van der Waals surface area contributed by atoms with Gasteiger partial charge in [0.2, 0.25) is 0 Å². The number of hydrogen-bond donors (Lipinski definition) is 10. The van der Waals surface area contributed by atoms with Gasteiger partial charge in [0.25, 0.3) is 11.8 Å². The van der Waals surface area contributed by atoms with Gasteiger partial charge < -0.3 is 55.8 Å². The van der Waals surface area contributed by atoms with E-state index in [-0.39, 0.29) is 22.6 Å². The number of hydrogen-bond acceptors (Lipinski definition) is 14. The van der Waals surface area contributed by atoms with Crippen LogP contribution in [-0.2, 0) is 14.3 Å². The molecule has 1 saturated heterocycles. The molecule has 7 rings (SSSR count). The Morgan fingerprint density at radius 2 is 1.48 bits per heavy atom. The highest BCUT2D eigenvalue weighted by Gasteiger charge is 2.63. The Morgan fingerprint density at radius 1 is 0.841 bits per heavy atom. The maximum absolute atomic E-state index is 14.1. The number of phenols is 2. The van der Waals surface area contributed by atoms with Crippen LogP contribution in [-0.4, -0.2) is 126 Å². The summed E-state index contributed by atoms with van der Waals surface area (Å²) in [6, 6.07) is 6.47. The fraction of sp³-hybridized carbons (Fsp3) is 0.448. The molecule has 2 aromatic rings. The van der Waals surface area contributed by atoms with Crippen LogP contribution in [0.1, 0.15) is 23.0 Å². The van der Waals surface area contributed by atoms with Crippen molar-refractivity contribution in [2.24, 2.45) is 0 Å². The Morgan fingerprint density at radius 3 is 2.14 bits per heavy atom. The number of rotatable bonds is 6. The van der Waals surface area contributed by atoms with Gasteiger partial charge in [0.15, 0.2) is 6.23 Å². The predicted octanol–water partition coefficient (Wildman–Crippen LogP) is -2.72. The van der Waals surface area contributed by atoms with Crippen LogP contribution in [0.25, 0.3) is 0 Å². The molecule has 4 aliphatic heterocycles. The van der Waals surface area contributed by atoms with Gasteiger partial charge in [-0.1, -0.05) is 12.1 Å². The van der Waals surface area contributed by atoms with Crippen molar-refractivity contribution in [2.75, 3.05) is 30.0 Å². The number of anilines is 2. The molecule has 9 atom stereocenters. The number of nitrogens with zero attached hydrogens (tertiary/aromatic N) is 2. The zero-order valence-corrected chi connectivity index (χ0v) is 23.1. The first kappa shape index (κ1) is 28.9. The molecule has 5 aliphatic rings. The van der Waals surface area contributed by atoms with Crippen molar-refractivity contribution in [3.8, 4) is 11.5 Å². The molecule has 0 bridgehead atoms. The lowest BCUT2D eigenvalue weighted by Gasteiger charge is -2.49. The summed E-state index contributed by atoms with van der Waals surface area (Å²) in [4.78, 5) is 29.8. The highest BCUT2D eigenvalue weighted by molar-refractivity contribution is 6.21. The smallest absolute Gasteiger partial charge is 0.272 e. The van der Waals surface area contributed by atoms with E-state index in [9.17, 15) is 50.4 Å². The number of aromatic hydroxyl groups is 2. The summed E-state index contributed by atoms with van der Waals surface area (Å²) in [5.41, 5.74) is 4.84. The summed E-state index contributed by atoms with van der Waals surface area (Å²) in [5, 5.41) is 86.6. The van der Waals surface area contributed by atoms with Crippen molar-refractivity contribution in [3.05, 3.63) is 58.7 Å². The SMILES string of the molecule is O=C1C2=C(C(=O)N1NC(CO)CO)C1c3ccc(O)cc3N([C@@H]3O[C@@H](CO)[C@@H](O)[C@@H](O)[C@@H]3O)C1C1Nc3cc(O)ccc3C21. The van der Waals surface area contributed by atoms with E-state index in [1.165, 1.54) is 24.3 Å². The molecule has 4 unspecified atom stereocenters. The van der Waals surface area contributed by atoms with E-state index >= 15 is 0 Å². The monoisotopic (exact) mass is 612 g/mol. The van der Waals surface area contributed by atoms with Crippen LogP contribution in [0.3, 0.4) is 0 Å². The first-order chi connectivity index (χ1) is 21.1. The molecule has 15 nitrogen and oxygen atoms in total. The standard InChI is InChI=1S/C29H32N4O11/c34-7-10(8-35)31-33-27(42)20-18-13-3-1-11(37)5-15(13)30-22(18)23-19(21(20)28(33)43)14-4-2-12(38)6-16(14)32(23)29-26(41)25(40)24(39)17(9-36)44-29/h1-6,10,17-19,22-26,29-31,34-41H,7-9H2/t17-,18?,19?,22?,23?,24+,25+,26-,29+/m0/s1. The van der Waals surface area contributed by atoms with E-state index in [1.54, 1.807) is 17.0 Å². The van der Waals surface area contributed by atoms with Gasteiger partial charge in [-0.15, -0.1) is 0 Å². The number of aliphatic hydroxyl groups is 6. The summed E-state index contributed by atoms with van der Waals surface area (Å²) >= 11 is 0. The Kier molecular flexibility index (Phi) is 6.83. The van der Waals surface area contributed by atoms with Crippen LogP contribution in [0.5, 0.6) is 11.5 Å². The first-order valence-electron chi connectivity index (χ1n) is 14.2. The normalized spacial score (nSPS) is 33.8. The minimum atomic E-state index is -1.71. The summed E-state index contributed by atoms with van der Waals surface area (Å²) in [7, 11) is 0. The molecule has 1 fully saturated rings. The molecule has 0 saturated carbocycles. The number of amides is 2. The third-order valence-corrected chi connectivity index (χ3v) is 9.38. The number of hydrazine groups is 1. The van der Waals surface area contributed by atoms with E-state index in [4.69, 9.17) is 4.74 Å². The van der Waals surface area contributed by atoms with Crippen LogP contribution >= 0.6 is 0 Å². The van der Waals surface area contributed by atoms with Crippen LogP contribution in [0.15, 0.2) is 47.5 Å². The zero-order valence-electron chi connectivity index (χ0n) is 23.1. The van der Waals surface area contributed by atoms with E-state index in [0.717, 1.165) is 5.01 Å². The molecule has 2 aromatic carbocycles. The van der Waals surface area contributed by atoms with Crippen molar-refractivity contribution in [1.29, 1.82) is 0 Å². The number of phenolic OH excluding ortho intramolecular Hbond substituents is 2. The maximum atomic E-state index is 14.1. The number of nitrogens with one attached hydrogen (secondary N) is 2. The number of fused-ring (bicyclic) bond motifs is 9. The quantitative estimate of drug-likeness (QED) is 0.149. The van der Waals surface area contributed by atoms with E-state index in [1.807, 2.05) is 0 Å². The lowest BCUT2D eigenvalue weighted by Crippen LogP contribution is -2.66. The average Bonchev–Trinajstić information content (AvgIpc) is 3.62. The second-order valence-corrected chi connectivity index (χ2v) is 11.7. The minimum absolute atomic E-state index is 0.0445. The zero-order chi connectivity index (χ0) is 31.2. The van der Waals surface area contributed by atoms with Crippen LogP contribution < -0.4 is 15.6 Å². The average molecular weight is 613 g/mol. The van der Waals surface area contributed by atoms with Crippen molar-refractivity contribution in [1.82, 2.24) is 10.4 Å². The lowest BCUT2D eigenvalue weighted by molar-refractivity contribution is -0.230. The molecule has 1 aliphatic carbocycles. The molecule has 0 aromatic heterocycles. The maximum Gasteiger partial charge on any atom is 0.272 e. The fourth-order valence-electron chi connectivity index (χ4n) is 7.47. The van der Waals surface area contributed by atoms with Gasteiger partial charge in [-0.3, -0.25) is 9.59 Å². The fourth-order valence-corrected chi connectivity index (χ4v) is 7.47. The molecular formula is C29H32N4O11. The van der Waals surface area contributed by atoms with Crippen LogP contribution in [0.4, 0.5) is 11.4 Å². The molecule has 44 heavy (non-hydrogen) atoms. The third kappa shape index (κ3) is 3.92. The topological polar surface area (TPSA) is 236 Å². The molecule has 4 heterocycles. The Balaban J connectivity index is 1.43. The summed E-state index contributed by atoms with van der Waals surface area (Å²) in [6.45, 7) is -1.80. The molecule has 15 heteroatoms. The van der Waals surface area contributed by atoms with Gasteiger partial charge in [0.05, 0.1) is 37.9 Å². The van der Waals surface area contributed by atoms with Gasteiger partial charge in [-0.2, -0.15) is 0 Å². The van der Waals surface area contributed by atoms with E-state index < -0.39 is 92.2 Å². The van der Waals surface area contributed by atoms with Crippen molar-refractivity contribution >= 4 is 23.2 Å². The minimum Gasteiger partial charge on any atom is -0.508 e. The van der Waals surface area contributed by atoms with Crippen molar-refractivity contribution < 1.29 is 55.2 Å². The van der Waals surface area contributed by atoms with E-state index in [2.05, 4.69) is 10.7 Å². The molecular weight excluding hydrogens is 580 g/mol. The van der Waals surface area contributed by atoms with Crippen LogP contribution in [0.2, 0.25) is 0 Å². The van der Waals surface area contributed by atoms with Gasteiger partial charge in [0, 0.05) is 46.5 Å². The third-order valence-electron chi connectivity index (χ3n) is 9.38. The number of benzene rings is 2. The molecule has 0 spiro atoms. The molecule has 234 valence electrons. The molecule has 2 amide bonds. The highest BCUT2D eigenvalue weighted by atomic mass is 16.6. The number of imide groups is 1. The summed E-state index contributed by atoms with van der Waals surface area (Å²) in [5.74, 6) is -3.21. The van der Waals surface area contributed by atoms with Gasteiger partial charge in [0.1, 0.15) is 35.9 Å². The highest BCUT2D eigenvalue weighted by Crippen LogP contribution is 2.60. The van der Waals surface area contributed by atoms with E-state index in [0.29, 0.717) is 22.5 Å². The largest absolute Gasteiger partial charge is 0.508 e. The number of ether oxygens (including phenoxy) is 1. The van der Waals surface area contributed by atoms with Gasteiger partial charge in [-0.05, 0) is 23.3 Å². The molecule has 0 radical (unpaired) electrons. The first-order valence-corrected chi connectivity index (χ1v) is 14.2. The lowest BCUT2D eigenvalue weighted by atomic mass is 9.69. The second kappa shape index (κ2) is 10.4. The Hall–Kier alpha value is -3.80. The Bertz CT molecular complexity index is 1560. The summed E-state index contributed by atoms with van der Waals surface area (Å²) < 4.78 is 5.99. The number of carbonyl (C=O) groups is 2. The predicted molar refractivity (Wildman–Crippen MR) is 149 cm³/mol. The summed E-state index contributed by atoms with van der Waals surface area (Å²) in [6.07, 6.45) is -7.66. The Labute approximate surface area is 249 Å².